The molecule has 0 aliphatic rings. The quantitative estimate of drug-likeness (QED) is 0.811. The number of hydrogen-bond donors (Lipinski definition) is 0. The van der Waals surface area contributed by atoms with Gasteiger partial charge in [-0.2, -0.15) is 0 Å². The zero-order valence-corrected chi connectivity index (χ0v) is 10.3. The Morgan fingerprint density at radius 1 is 1.38 bits per heavy atom. The fourth-order valence-corrected chi connectivity index (χ4v) is 1.60. The van der Waals surface area contributed by atoms with E-state index in [4.69, 9.17) is 4.42 Å². The van der Waals surface area contributed by atoms with Crippen molar-refractivity contribution in [2.75, 3.05) is 0 Å². The molecule has 1 heterocycles. The van der Waals surface area contributed by atoms with Crippen LogP contribution in [0.1, 0.15) is 28.9 Å². The molecule has 2 rings (SSSR count). The Balaban J connectivity index is 2.14. The first kappa shape index (κ1) is 11.1. The molecule has 0 unspecified atom stereocenters. The van der Waals surface area contributed by atoms with Crippen molar-refractivity contribution in [1.29, 1.82) is 0 Å². The first-order valence-electron chi connectivity index (χ1n) is 4.85. The van der Waals surface area contributed by atoms with Crippen molar-refractivity contribution in [3.8, 4) is 0 Å². The molecule has 16 heavy (non-hydrogen) atoms. The van der Waals surface area contributed by atoms with E-state index >= 15 is 0 Å². The summed E-state index contributed by atoms with van der Waals surface area (Å²) in [6.07, 6.45) is 2.07. The lowest BCUT2D eigenvalue weighted by Crippen LogP contribution is -1.88. The topological polar surface area (TPSA) is 43.1 Å². The number of aromatic nitrogens is 1. The number of halogens is 1. The number of rotatable bonds is 3. The van der Waals surface area contributed by atoms with Gasteiger partial charge in [-0.25, -0.2) is 4.98 Å². The first-order valence-corrected chi connectivity index (χ1v) is 5.64. The van der Waals surface area contributed by atoms with Crippen LogP contribution in [0.15, 0.2) is 39.4 Å². The molecule has 0 aliphatic carbocycles. The van der Waals surface area contributed by atoms with Gasteiger partial charge in [0.2, 0.25) is 0 Å². The normalized spacial score (nSPS) is 10.4. The van der Waals surface area contributed by atoms with E-state index in [9.17, 15) is 4.79 Å². The van der Waals surface area contributed by atoms with Crippen molar-refractivity contribution in [1.82, 2.24) is 4.98 Å². The lowest BCUT2D eigenvalue weighted by atomic mass is 10.1. The van der Waals surface area contributed by atoms with E-state index in [0.717, 1.165) is 10.0 Å². The molecule has 82 valence electrons. The van der Waals surface area contributed by atoms with Gasteiger partial charge in [-0.05, 0) is 17.7 Å². The van der Waals surface area contributed by atoms with Crippen LogP contribution in [0.5, 0.6) is 0 Å². The molecule has 0 spiro atoms. The summed E-state index contributed by atoms with van der Waals surface area (Å²) in [5.41, 5.74) is 1.10. The Bertz CT molecular complexity index is 502. The molecule has 0 fully saturated rings. The van der Waals surface area contributed by atoms with E-state index in [1.807, 2.05) is 24.3 Å². The largest absolute Gasteiger partial charge is 0.437 e. The maximum Gasteiger partial charge on any atom is 0.199 e. The molecule has 3 nitrogen and oxygen atoms in total. The minimum atomic E-state index is -0.102. The van der Waals surface area contributed by atoms with Gasteiger partial charge in [0.05, 0.1) is 6.20 Å². The second-order valence-electron chi connectivity index (χ2n) is 3.48. The van der Waals surface area contributed by atoms with Gasteiger partial charge in [0, 0.05) is 17.8 Å². The molecule has 0 amide bonds. The summed E-state index contributed by atoms with van der Waals surface area (Å²) in [5.74, 6) is 0.772. The molecule has 0 saturated heterocycles. The minimum Gasteiger partial charge on any atom is -0.437 e. The Hall–Kier alpha value is -1.42. The summed E-state index contributed by atoms with van der Waals surface area (Å²) in [5, 5.41) is 0. The maximum atomic E-state index is 11.0. The number of nitrogens with zero attached hydrogens (tertiary/aromatic N) is 1. The van der Waals surface area contributed by atoms with Crippen LogP contribution in [-0.4, -0.2) is 10.8 Å². The molecule has 0 bridgehead atoms. The Morgan fingerprint density at radius 2 is 2.06 bits per heavy atom. The number of carbonyl (C=O) groups excluding carboxylic acids is 1. The highest BCUT2D eigenvalue weighted by atomic mass is 79.9. The first-order chi connectivity index (χ1) is 7.65. The molecule has 0 saturated carbocycles. The molecule has 1 aromatic carbocycles. The van der Waals surface area contributed by atoms with Gasteiger partial charge in [-0.15, -0.1) is 0 Å². The van der Waals surface area contributed by atoms with Gasteiger partial charge >= 0.3 is 0 Å². The lowest BCUT2D eigenvalue weighted by Gasteiger charge is -1.97. The lowest BCUT2D eigenvalue weighted by molar-refractivity contribution is 0.0985. The summed E-state index contributed by atoms with van der Waals surface area (Å²) in [6, 6.07) is 7.90. The second kappa shape index (κ2) is 4.61. The zero-order valence-electron chi connectivity index (χ0n) is 8.74. The zero-order chi connectivity index (χ0) is 11.5. The van der Waals surface area contributed by atoms with Crippen molar-refractivity contribution in [3.63, 3.8) is 0 Å². The van der Waals surface area contributed by atoms with Crippen molar-refractivity contribution in [2.45, 2.75) is 13.3 Å². The number of ketones is 1. The highest BCUT2D eigenvalue weighted by Gasteiger charge is 2.08. The Labute approximate surface area is 102 Å². The van der Waals surface area contributed by atoms with E-state index in [0.29, 0.717) is 18.1 Å². The van der Waals surface area contributed by atoms with Gasteiger partial charge in [0.1, 0.15) is 0 Å². The highest BCUT2D eigenvalue weighted by molar-refractivity contribution is 9.10. The Morgan fingerprint density at radius 3 is 2.62 bits per heavy atom. The second-order valence-corrected chi connectivity index (χ2v) is 4.39. The predicted octanol–water partition coefficient (Wildman–Crippen LogP) is 3.23. The van der Waals surface area contributed by atoms with Gasteiger partial charge in [0.15, 0.2) is 17.4 Å². The van der Waals surface area contributed by atoms with Crippen LogP contribution < -0.4 is 0 Å². The fourth-order valence-electron chi connectivity index (χ4n) is 1.33. The van der Waals surface area contributed by atoms with Crippen molar-refractivity contribution >= 4 is 21.7 Å². The van der Waals surface area contributed by atoms with Crippen molar-refractivity contribution in [2.24, 2.45) is 0 Å². The molecule has 4 heteroatoms. The SMILES string of the molecule is CC(=O)c1cnc(Cc2ccc(Br)cc2)o1. The molecular weight excluding hydrogens is 270 g/mol. The third kappa shape index (κ3) is 2.58. The summed E-state index contributed by atoms with van der Waals surface area (Å²) in [7, 11) is 0. The number of benzene rings is 1. The van der Waals surface area contributed by atoms with Crippen LogP contribution in [0, 0.1) is 0 Å². The predicted molar refractivity (Wildman–Crippen MR) is 63.5 cm³/mol. The number of carbonyl (C=O) groups is 1. The monoisotopic (exact) mass is 279 g/mol. The fraction of sp³-hybridized carbons (Fsp3) is 0.167. The average Bonchev–Trinajstić information content (AvgIpc) is 2.70. The summed E-state index contributed by atoms with van der Waals surface area (Å²) < 4.78 is 6.34. The highest BCUT2D eigenvalue weighted by Crippen LogP contribution is 2.14. The average molecular weight is 280 g/mol. The maximum absolute atomic E-state index is 11.0. The number of Topliss-reactive ketones (excluding diaryl/α,β-unsaturated/α-hetero) is 1. The summed E-state index contributed by atoms with van der Waals surface area (Å²) in [6.45, 7) is 1.46. The van der Waals surface area contributed by atoms with Crippen LogP contribution in [0.3, 0.4) is 0 Å². The molecule has 0 atom stereocenters. The third-order valence-electron chi connectivity index (χ3n) is 2.17. The summed E-state index contributed by atoms with van der Waals surface area (Å²) >= 11 is 3.37. The van der Waals surface area contributed by atoms with Gasteiger partial charge in [-0.1, -0.05) is 28.1 Å². The van der Waals surface area contributed by atoms with Gasteiger partial charge in [0.25, 0.3) is 0 Å². The van der Waals surface area contributed by atoms with Gasteiger partial charge < -0.3 is 4.42 Å². The molecule has 1 aromatic heterocycles. The van der Waals surface area contributed by atoms with E-state index in [1.54, 1.807) is 0 Å². The number of hydrogen-bond acceptors (Lipinski definition) is 3. The van der Waals surface area contributed by atoms with E-state index < -0.39 is 0 Å². The third-order valence-corrected chi connectivity index (χ3v) is 2.70. The minimum absolute atomic E-state index is 0.102. The molecule has 0 aliphatic heterocycles. The number of oxazole rings is 1. The van der Waals surface area contributed by atoms with Crippen LogP contribution in [0.4, 0.5) is 0 Å². The van der Waals surface area contributed by atoms with Crippen LogP contribution >= 0.6 is 15.9 Å². The van der Waals surface area contributed by atoms with Crippen molar-refractivity contribution in [3.05, 3.63) is 52.1 Å². The van der Waals surface area contributed by atoms with E-state index in [-0.39, 0.29) is 5.78 Å². The molecule has 0 radical (unpaired) electrons. The van der Waals surface area contributed by atoms with Gasteiger partial charge in [-0.3, -0.25) is 4.79 Å². The Kier molecular flexibility index (Phi) is 3.19. The molecule has 2 aromatic rings. The summed E-state index contributed by atoms with van der Waals surface area (Å²) in [4.78, 5) is 15.1. The van der Waals surface area contributed by atoms with Crippen LogP contribution in [0.25, 0.3) is 0 Å². The smallest absolute Gasteiger partial charge is 0.199 e. The standard InChI is InChI=1S/C12H10BrNO2/c1-8(15)11-7-14-12(16-11)6-9-2-4-10(13)5-3-9/h2-5,7H,6H2,1H3. The van der Waals surface area contributed by atoms with Crippen LogP contribution in [0.2, 0.25) is 0 Å². The molecule has 0 N–H and O–H groups in total. The van der Waals surface area contributed by atoms with E-state index in [1.165, 1.54) is 13.1 Å². The van der Waals surface area contributed by atoms with Crippen LogP contribution in [-0.2, 0) is 6.42 Å². The van der Waals surface area contributed by atoms with Crippen molar-refractivity contribution < 1.29 is 9.21 Å². The molecular formula is C12H10BrNO2. The van der Waals surface area contributed by atoms with E-state index in [2.05, 4.69) is 20.9 Å².